The van der Waals surface area contributed by atoms with Crippen molar-refractivity contribution >= 4 is 10.0 Å². The first-order chi connectivity index (χ1) is 5.83. The van der Waals surface area contributed by atoms with Crippen LogP contribution in [-0.4, -0.2) is 32.4 Å². The molecule has 0 atom stereocenters. The summed E-state index contributed by atoms with van der Waals surface area (Å²) in [5, 5.41) is 8.89. The molecule has 13 heavy (non-hydrogen) atoms. The van der Waals surface area contributed by atoms with E-state index in [4.69, 9.17) is 5.11 Å². The zero-order valence-corrected chi connectivity index (χ0v) is 9.32. The number of hydrogen-bond acceptors (Lipinski definition) is 3. The Morgan fingerprint density at radius 2 is 1.92 bits per heavy atom. The van der Waals surface area contributed by atoms with E-state index in [-0.39, 0.29) is 24.3 Å². The summed E-state index contributed by atoms with van der Waals surface area (Å²) in [5.74, 6) is 0.147. The van der Waals surface area contributed by atoms with Crippen molar-refractivity contribution in [3.05, 3.63) is 0 Å². The topological polar surface area (TPSA) is 66.4 Å². The van der Waals surface area contributed by atoms with Gasteiger partial charge in [-0.25, -0.2) is 13.1 Å². The van der Waals surface area contributed by atoms with E-state index in [0.717, 1.165) is 0 Å². The SMILES string of the molecule is CCCS(=O)(=O)NCC(C)(C)CO. The van der Waals surface area contributed by atoms with Crippen molar-refractivity contribution in [1.82, 2.24) is 4.72 Å². The van der Waals surface area contributed by atoms with Gasteiger partial charge in [-0.2, -0.15) is 0 Å². The van der Waals surface area contributed by atoms with E-state index in [1.807, 2.05) is 20.8 Å². The maximum Gasteiger partial charge on any atom is 0.211 e. The van der Waals surface area contributed by atoms with Crippen LogP contribution in [0.5, 0.6) is 0 Å². The molecule has 0 saturated heterocycles. The number of sulfonamides is 1. The highest BCUT2D eigenvalue weighted by Gasteiger charge is 2.19. The zero-order chi connectivity index (χ0) is 10.5. The van der Waals surface area contributed by atoms with Gasteiger partial charge >= 0.3 is 0 Å². The Bertz CT molecular complexity index is 234. The van der Waals surface area contributed by atoms with Crippen LogP contribution in [0.3, 0.4) is 0 Å². The molecule has 0 aliphatic carbocycles. The van der Waals surface area contributed by atoms with E-state index >= 15 is 0 Å². The van der Waals surface area contributed by atoms with Gasteiger partial charge in [0.15, 0.2) is 0 Å². The Hall–Kier alpha value is -0.130. The normalized spacial score (nSPS) is 13.2. The quantitative estimate of drug-likeness (QED) is 0.662. The highest BCUT2D eigenvalue weighted by Crippen LogP contribution is 2.11. The Kier molecular flexibility index (Phi) is 4.88. The third-order valence-corrected chi connectivity index (χ3v) is 3.20. The Balaban J connectivity index is 4.02. The molecule has 0 aromatic carbocycles. The largest absolute Gasteiger partial charge is 0.396 e. The fourth-order valence-electron chi connectivity index (χ4n) is 0.702. The molecule has 0 bridgehead atoms. The molecular formula is C8H19NO3S. The molecule has 0 rings (SSSR count). The lowest BCUT2D eigenvalue weighted by Crippen LogP contribution is -2.37. The van der Waals surface area contributed by atoms with Gasteiger partial charge in [-0.15, -0.1) is 0 Å². The average molecular weight is 209 g/mol. The van der Waals surface area contributed by atoms with Gasteiger partial charge in [0.2, 0.25) is 10.0 Å². The molecular weight excluding hydrogens is 190 g/mol. The first kappa shape index (κ1) is 12.9. The summed E-state index contributed by atoms with van der Waals surface area (Å²) in [6.45, 7) is 5.69. The van der Waals surface area contributed by atoms with Crippen LogP contribution < -0.4 is 4.72 Å². The Morgan fingerprint density at radius 3 is 2.31 bits per heavy atom. The van der Waals surface area contributed by atoms with E-state index in [1.165, 1.54) is 0 Å². The average Bonchev–Trinajstić information content (AvgIpc) is 2.02. The van der Waals surface area contributed by atoms with Crippen LogP contribution in [0.25, 0.3) is 0 Å². The summed E-state index contributed by atoms with van der Waals surface area (Å²) < 4.78 is 24.9. The third-order valence-electron chi connectivity index (χ3n) is 1.67. The highest BCUT2D eigenvalue weighted by atomic mass is 32.2. The standard InChI is InChI=1S/C8H19NO3S/c1-4-5-13(11,12)9-6-8(2,3)7-10/h9-10H,4-7H2,1-3H3. The second-order valence-electron chi connectivity index (χ2n) is 3.96. The van der Waals surface area contributed by atoms with Gasteiger partial charge < -0.3 is 5.11 Å². The fourth-order valence-corrected chi connectivity index (χ4v) is 1.99. The van der Waals surface area contributed by atoms with Gasteiger partial charge in [-0.3, -0.25) is 0 Å². The molecule has 0 aromatic heterocycles. The Labute approximate surface area is 80.4 Å². The molecule has 0 radical (unpaired) electrons. The van der Waals surface area contributed by atoms with E-state index in [1.54, 1.807) is 0 Å². The van der Waals surface area contributed by atoms with Gasteiger partial charge in [-0.1, -0.05) is 20.8 Å². The van der Waals surface area contributed by atoms with Gasteiger partial charge in [0.05, 0.1) is 5.75 Å². The molecule has 4 nitrogen and oxygen atoms in total. The smallest absolute Gasteiger partial charge is 0.211 e. The van der Waals surface area contributed by atoms with Crippen LogP contribution in [0, 0.1) is 5.41 Å². The molecule has 0 saturated carbocycles. The molecule has 0 aliphatic heterocycles. The molecule has 5 heteroatoms. The molecule has 0 unspecified atom stereocenters. The summed E-state index contributed by atoms with van der Waals surface area (Å²) in [5.41, 5.74) is -0.388. The third kappa shape index (κ3) is 6.01. The Morgan fingerprint density at radius 1 is 1.38 bits per heavy atom. The summed E-state index contributed by atoms with van der Waals surface area (Å²) in [6.07, 6.45) is 0.606. The molecule has 0 aliphatic rings. The number of aliphatic hydroxyl groups is 1. The second-order valence-corrected chi connectivity index (χ2v) is 5.89. The van der Waals surface area contributed by atoms with Crippen molar-refractivity contribution in [1.29, 1.82) is 0 Å². The van der Waals surface area contributed by atoms with Crippen molar-refractivity contribution in [3.8, 4) is 0 Å². The predicted molar refractivity (Wildman–Crippen MR) is 52.9 cm³/mol. The van der Waals surface area contributed by atoms with Crippen LogP contribution in [0.1, 0.15) is 27.2 Å². The van der Waals surface area contributed by atoms with Crippen molar-refractivity contribution in [2.24, 2.45) is 5.41 Å². The van der Waals surface area contributed by atoms with Crippen LogP contribution in [-0.2, 0) is 10.0 Å². The predicted octanol–water partition coefficient (Wildman–Crippen LogP) is 0.334. The lowest BCUT2D eigenvalue weighted by molar-refractivity contribution is 0.163. The van der Waals surface area contributed by atoms with E-state index < -0.39 is 10.0 Å². The molecule has 0 aromatic rings. The van der Waals surface area contributed by atoms with Crippen molar-refractivity contribution in [3.63, 3.8) is 0 Å². The van der Waals surface area contributed by atoms with E-state index in [9.17, 15) is 8.42 Å². The van der Waals surface area contributed by atoms with Crippen LogP contribution in [0.15, 0.2) is 0 Å². The molecule has 0 amide bonds. The van der Waals surface area contributed by atoms with Gasteiger partial charge in [-0.05, 0) is 6.42 Å². The molecule has 0 spiro atoms. The van der Waals surface area contributed by atoms with Crippen LogP contribution >= 0.6 is 0 Å². The zero-order valence-electron chi connectivity index (χ0n) is 8.50. The summed E-state index contributed by atoms with van der Waals surface area (Å²) in [6, 6.07) is 0. The van der Waals surface area contributed by atoms with E-state index in [2.05, 4.69) is 4.72 Å². The van der Waals surface area contributed by atoms with Crippen molar-refractivity contribution in [2.75, 3.05) is 18.9 Å². The van der Waals surface area contributed by atoms with Gasteiger partial charge in [0.25, 0.3) is 0 Å². The molecule has 0 fully saturated rings. The van der Waals surface area contributed by atoms with Crippen molar-refractivity contribution < 1.29 is 13.5 Å². The summed E-state index contributed by atoms with van der Waals surface area (Å²) in [7, 11) is -3.14. The molecule has 2 N–H and O–H groups in total. The maximum atomic E-state index is 11.2. The molecule has 0 heterocycles. The van der Waals surface area contributed by atoms with Crippen LogP contribution in [0.2, 0.25) is 0 Å². The van der Waals surface area contributed by atoms with Gasteiger partial charge in [0, 0.05) is 18.6 Å². The van der Waals surface area contributed by atoms with Gasteiger partial charge in [0.1, 0.15) is 0 Å². The monoisotopic (exact) mass is 209 g/mol. The highest BCUT2D eigenvalue weighted by molar-refractivity contribution is 7.89. The number of aliphatic hydroxyl groups excluding tert-OH is 1. The fraction of sp³-hybridized carbons (Fsp3) is 1.00. The lowest BCUT2D eigenvalue weighted by atomic mass is 9.96. The van der Waals surface area contributed by atoms with E-state index in [0.29, 0.717) is 6.42 Å². The summed E-state index contributed by atoms with van der Waals surface area (Å²) >= 11 is 0. The number of hydrogen-bond donors (Lipinski definition) is 2. The minimum absolute atomic E-state index is 0.0261. The molecule has 80 valence electrons. The number of rotatable bonds is 6. The first-order valence-corrected chi connectivity index (χ1v) is 6.06. The number of nitrogens with one attached hydrogen (secondary N) is 1. The van der Waals surface area contributed by atoms with Crippen LogP contribution in [0.4, 0.5) is 0 Å². The lowest BCUT2D eigenvalue weighted by Gasteiger charge is -2.21. The first-order valence-electron chi connectivity index (χ1n) is 4.41. The maximum absolute atomic E-state index is 11.2. The van der Waals surface area contributed by atoms with Crippen molar-refractivity contribution in [2.45, 2.75) is 27.2 Å². The second kappa shape index (κ2) is 4.93. The minimum atomic E-state index is -3.14. The minimum Gasteiger partial charge on any atom is -0.396 e. The summed E-state index contributed by atoms with van der Waals surface area (Å²) in [4.78, 5) is 0.